The van der Waals surface area contributed by atoms with Gasteiger partial charge in [0, 0.05) is 42.2 Å². The first-order valence-electron chi connectivity index (χ1n) is 7.62. The molecule has 0 saturated heterocycles. The van der Waals surface area contributed by atoms with Gasteiger partial charge in [0.05, 0.1) is 5.69 Å². The molecule has 0 amide bonds. The summed E-state index contributed by atoms with van der Waals surface area (Å²) >= 11 is 0. The number of aryl methyl sites for hydroxylation is 2. The van der Waals surface area contributed by atoms with Gasteiger partial charge >= 0.3 is 0 Å². The van der Waals surface area contributed by atoms with Crippen LogP contribution in [-0.4, -0.2) is 32.4 Å². The van der Waals surface area contributed by atoms with Crippen LogP contribution >= 0.6 is 0 Å². The Balaban J connectivity index is 2.26. The lowest BCUT2D eigenvalue weighted by Crippen LogP contribution is -2.37. The second-order valence-corrected chi connectivity index (χ2v) is 6.11. The Morgan fingerprint density at radius 3 is 2.62 bits per heavy atom. The minimum absolute atomic E-state index is 0.172. The molecule has 116 valence electrons. The molecule has 2 unspecified atom stereocenters. The largest absolute Gasteiger partial charge is 0.396 e. The zero-order valence-corrected chi connectivity index (χ0v) is 13.6. The molecule has 0 saturated carbocycles. The average molecular weight is 290 g/mol. The summed E-state index contributed by atoms with van der Waals surface area (Å²) < 4.78 is 1.90. The number of rotatable bonds is 6. The van der Waals surface area contributed by atoms with Gasteiger partial charge in [-0.2, -0.15) is 5.10 Å². The lowest BCUT2D eigenvalue weighted by Gasteiger charge is -2.26. The van der Waals surface area contributed by atoms with Gasteiger partial charge in [-0.3, -0.25) is 0 Å². The number of fused-ring (bicyclic) bond motifs is 1. The minimum Gasteiger partial charge on any atom is -0.396 e. The van der Waals surface area contributed by atoms with Gasteiger partial charge in [-0.25, -0.2) is 9.50 Å². The SMILES string of the molecule is Cc1cc2ncc(C(C)NC(CCO)C(C)C)c(C)n2n1. The van der Waals surface area contributed by atoms with E-state index in [1.165, 1.54) is 0 Å². The third-order valence-electron chi connectivity index (χ3n) is 4.06. The van der Waals surface area contributed by atoms with E-state index < -0.39 is 0 Å². The molecule has 0 aliphatic rings. The summed E-state index contributed by atoms with van der Waals surface area (Å²) in [6.07, 6.45) is 2.69. The summed E-state index contributed by atoms with van der Waals surface area (Å²) in [6.45, 7) is 10.7. The fraction of sp³-hybridized carbons (Fsp3) is 0.625. The fourth-order valence-corrected chi connectivity index (χ4v) is 2.76. The van der Waals surface area contributed by atoms with Crippen LogP contribution in [0.3, 0.4) is 0 Å². The molecule has 0 bridgehead atoms. The van der Waals surface area contributed by atoms with Gasteiger partial charge in [-0.15, -0.1) is 0 Å². The van der Waals surface area contributed by atoms with Crippen LogP contribution in [0, 0.1) is 19.8 Å². The number of aliphatic hydroxyl groups excluding tert-OH is 1. The highest BCUT2D eigenvalue weighted by atomic mass is 16.3. The second-order valence-electron chi connectivity index (χ2n) is 6.11. The molecule has 0 aliphatic carbocycles. The molecular formula is C16H26N4O. The maximum absolute atomic E-state index is 9.20. The standard InChI is InChI=1S/C16H26N4O/c1-10(2)15(6-7-21)18-12(4)14-9-17-16-8-11(3)19-20(16)13(14)5/h8-10,12,15,18,21H,6-7H2,1-5H3. The van der Waals surface area contributed by atoms with Crippen LogP contribution in [0.4, 0.5) is 0 Å². The number of aliphatic hydroxyl groups is 1. The number of aromatic nitrogens is 3. The Kier molecular flexibility index (Phi) is 4.96. The first-order chi connectivity index (χ1) is 9.93. The van der Waals surface area contributed by atoms with Crippen LogP contribution in [0.2, 0.25) is 0 Å². The summed E-state index contributed by atoms with van der Waals surface area (Å²) in [7, 11) is 0. The van der Waals surface area contributed by atoms with Gasteiger partial charge in [-0.1, -0.05) is 13.8 Å². The van der Waals surface area contributed by atoms with E-state index >= 15 is 0 Å². The number of hydrogen-bond acceptors (Lipinski definition) is 4. The topological polar surface area (TPSA) is 62.5 Å². The van der Waals surface area contributed by atoms with E-state index in [2.05, 4.69) is 43.1 Å². The van der Waals surface area contributed by atoms with Crippen molar-refractivity contribution in [2.24, 2.45) is 5.92 Å². The van der Waals surface area contributed by atoms with Gasteiger partial charge in [0.25, 0.3) is 0 Å². The molecular weight excluding hydrogens is 264 g/mol. The first-order valence-corrected chi connectivity index (χ1v) is 7.62. The van der Waals surface area contributed by atoms with Crippen LogP contribution in [0.1, 0.15) is 50.2 Å². The van der Waals surface area contributed by atoms with E-state index in [4.69, 9.17) is 0 Å². The molecule has 0 radical (unpaired) electrons. The van der Waals surface area contributed by atoms with E-state index in [1.807, 2.05) is 23.7 Å². The molecule has 21 heavy (non-hydrogen) atoms. The molecule has 2 aromatic rings. The predicted octanol–water partition coefficient (Wildman–Crippen LogP) is 2.40. The van der Waals surface area contributed by atoms with E-state index in [0.29, 0.717) is 12.0 Å². The van der Waals surface area contributed by atoms with Crippen molar-refractivity contribution in [1.29, 1.82) is 0 Å². The van der Waals surface area contributed by atoms with Crippen molar-refractivity contribution in [2.45, 2.75) is 53.1 Å². The summed E-state index contributed by atoms with van der Waals surface area (Å²) in [5, 5.41) is 17.3. The number of nitrogens with one attached hydrogen (secondary N) is 1. The van der Waals surface area contributed by atoms with Gasteiger partial charge in [0.1, 0.15) is 0 Å². The maximum atomic E-state index is 9.20. The number of hydrogen-bond donors (Lipinski definition) is 2. The van der Waals surface area contributed by atoms with Crippen molar-refractivity contribution in [3.05, 3.63) is 29.2 Å². The zero-order valence-electron chi connectivity index (χ0n) is 13.6. The minimum atomic E-state index is 0.172. The zero-order chi connectivity index (χ0) is 15.6. The van der Waals surface area contributed by atoms with Gasteiger partial charge in [0.2, 0.25) is 0 Å². The van der Waals surface area contributed by atoms with Crippen molar-refractivity contribution in [3.63, 3.8) is 0 Å². The summed E-state index contributed by atoms with van der Waals surface area (Å²) in [6, 6.07) is 2.45. The lowest BCUT2D eigenvalue weighted by molar-refractivity contribution is 0.237. The van der Waals surface area contributed by atoms with Crippen molar-refractivity contribution in [1.82, 2.24) is 19.9 Å². The van der Waals surface area contributed by atoms with Crippen LogP contribution < -0.4 is 5.32 Å². The fourth-order valence-electron chi connectivity index (χ4n) is 2.76. The third-order valence-corrected chi connectivity index (χ3v) is 4.06. The van der Waals surface area contributed by atoms with Crippen LogP contribution in [0.15, 0.2) is 12.3 Å². The molecule has 2 atom stereocenters. The number of nitrogens with zero attached hydrogens (tertiary/aromatic N) is 3. The maximum Gasteiger partial charge on any atom is 0.155 e. The Bertz CT molecular complexity index is 606. The van der Waals surface area contributed by atoms with Crippen molar-refractivity contribution in [2.75, 3.05) is 6.61 Å². The Morgan fingerprint density at radius 1 is 1.29 bits per heavy atom. The summed E-state index contributed by atoms with van der Waals surface area (Å²) in [5.41, 5.74) is 4.12. The summed E-state index contributed by atoms with van der Waals surface area (Å²) in [4.78, 5) is 4.49. The second kappa shape index (κ2) is 6.54. The molecule has 2 N–H and O–H groups in total. The highest BCUT2D eigenvalue weighted by Crippen LogP contribution is 2.20. The summed E-state index contributed by atoms with van der Waals surface area (Å²) in [5.74, 6) is 0.476. The molecule has 2 rings (SSSR count). The lowest BCUT2D eigenvalue weighted by atomic mass is 9.98. The highest BCUT2D eigenvalue weighted by Gasteiger charge is 2.19. The molecule has 0 aromatic carbocycles. The average Bonchev–Trinajstić information content (AvgIpc) is 2.80. The third kappa shape index (κ3) is 3.41. The van der Waals surface area contributed by atoms with E-state index in [9.17, 15) is 5.11 Å². The van der Waals surface area contributed by atoms with Crippen LogP contribution in [0.25, 0.3) is 5.65 Å². The van der Waals surface area contributed by atoms with Crippen molar-refractivity contribution in [3.8, 4) is 0 Å². The van der Waals surface area contributed by atoms with Gasteiger partial charge in [0.15, 0.2) is 5.65 Å². The smallest absolute Gasteiger partial charge is 0.155 e. The van der Waals surface area contributed by atoms with Crippen molar-refractivity contribution >= 4 is 5.65 Å². The molecule has 0 spiro atoms. The quantitative estimate of drug-likeness (QED) is 0.857. The Labute approximate surface area is 126 Å². The highest BCUT2D eigenvalue weighted by molar-refractivity contribution is 5.42. The van der Waals surface area contributed by atoms with E-state index in [0.717, 1.165) is 29.0 Å². The molecule has 2 aromatic heterocycles. The predicted molar refractivity (Wildman–Crippen MR) is 84.3 cm³/mol. The van der Waals surface area contributed by atoms with Crippen LogP contribution in [-0.2, 0) is 0 Å². The van der Waals surface area contributed by atoms with Gasteiger partial charge < -0.3 is 10.4 Å². The molecule has 2 heterocycles. The van der Waals surface area contributed by atoms with Gasteiger partial charge in [-0.05, 0) is 33.1 Å². The Morgan fingerprint density at radius 2 is 2.00 bits per heavy atom. The molecule has 0 aliphatic heterocycles. The molecule has 5 heteroatoms. The Hall–Kier alpha value is -1.46. The van der Waals surface area contributed by atoms with Crippen molar-refractivity contribution < 1.29 is 5.11 Å². The first kappa shape index (κ1) is 15.9. The molecule has 5 nitrogen and oxygen atoms in total. The molecule has 0 fully saturated rings. The van der Waals surface area contributed by atoms with Crippen LogP contribution in [0.5, 0.6) is 0 Å². The normalized spacial score (nSPS) is 14.8. The van der Waals surface area contributed by atoms with E-state index in [1.54, 1.807) is 0 Å². The monoisotopic (exact) mass is 290 g/mol. The van der Waals surface area contributed by atoms with E-state index in [-0.39, 0.29) is 12.6 Å².